The molecule has 1 unspecified atom stereocenters. The fourth-order valence-electron chi connectivity index (χ4n) is 5.27. The van der Waals surface area contributed by atoms with Gasteiger partial charge in [-0.15, -0.1) is 0 Å². The molecule has 1 atom stereocenters. The number of anilines is 3. The first-order chi connectivity index (χ1) is 18.4. The van der Waals surface area contributed by atoms with Crippen LogP contribution in [0.5, 0.6) is 0 Å². The average Bonchev–Trinajstić information content (AvgIpc) is 2.83. The van der Waals surface area contributed by atoms with Crippen LogP contribution in [0, 0.1) is 17.2 Å². The van der Waals surface area contributed by atoms with Gasteiger partial charge in [-0.2, -0.15) is 4.39 Å². The van der Waals surface area contributed by atoms with Crippen LogP contribution in [0.3, 0.4) is 0 Å². The predicted octanol–water partition coefficient (Wildman–Crippen LogP) is 5.57. The van der Waals surface area contributed by atoms with E-state index in [9.17, 15) is 8.78 Å². The molecule has 1 aliphatic carbocycles. The van der Waals surface area contributed by atoms with Gasteiger partial charge in [-0.25, -0.2) is 24.3 Å². The molecule has 196 valence electrons. The van der Waals surface area contributed by atoms with E-state index in [0.717, 1.165) is 61.2 Å². The fourth-order valence-corrected chi connectivity index (χ4v) is 5.27. The largest absolute Gasteiger partial charge is 0.366 e. The Morgan fingerprint density at radius 2 is 1.87 bits per heavy atom. The highest BCUT2D eigenvalue weighted by Gasteiger charge is 2.33. The van der Waals surface area contributed by atoms with Crippen LogP contribution in [-0.4, -0.2) is 44.1 Å². The van der Waals surface area contributed by atoms with Gasteiger partial charge >= 0.3 is 0 Å². The first-order valence-corrected chi connectivity index (χ1v) is 13.1. The van der Waals surface area contributed by atoms with Crippen molar-refractivity contribution in [1.29, 1.82) is 0 Å². The lowest BCUT2D eigenvalue weighted by molar-refractivity contribution is 0.236. The van der Waals surface area contributed by atoms with Crippen LogP contribution in [0.15, 0.2) is 42.9 Å². The van der Waals surface area contributed by atoms with E-state index in [1.807, 2.05) is 12.3 Å². The number of piperidine rings is 1. The molecule has 5 heterocycles. The number of hydrogen-bond donors (Lipinski definition) is 3. The summed E-state index contributed by atoms with van der Waals surface area (Å²) < 4.78 is 27.2. The number of nitrogens with one attached hydrogen (secondary N) is 3. The van der Waals surface area contributed by atoms with E-state index < -0.39 is 11.8 Å². The van der Waals surface area contributed by atoms with E-state index in [1.54, 1.807) is 18.5 Å². The highest BCUT2D eigenvalue weighted by molar-refractivity contribution is 5.93. The molecular formula is C28H30F2N8. The van der Waals surface area contributed by atoms with Crippen LogP contribution in [0.2, 0.25) is 0 Å². The Labute approximate surface area is 219 Å². The van der Waals surface area contributed by atoms with Gasteiger partial charge in [0.05, 0.1) is 11.7 Å². The molecule has 0 spiro atoms. The number of fused-ring (bicyclic) bond motifs is 1. The SMILES string of the molecule is CC1(C)CNCCC1Nc1nc(-c2ccnc(Nc3cc(F)cc(F)n3)c2)nc2cncc(C3CCC3)c12. The van der Waals surface area contributed by atoms with Crippen molar-refractivity contribution in [3.63, 3.8) is 0 Å². The van der Waals surface area contributed by atoms with E-state index >= 15 is 0 Å². The van der Waals surface area contributed by atoms with E-state index in [-0.39, 0.29) is 17.3 Å². The zero-order valence-electron chi connectivity index (χ0n) is 21.4. The van der Waals surface area contributed by atoms with E-state index in [0.29, 0.717) is 23.1 Å². The Balaban J connectivity index is 1.42. The molecule has 0 bridgehead atoms. The Morgan fingerprint density at radius 1 is 1.00 bits per heavy atom. The van der Waals surface area contributed by atoms with E-state index in [4.69, 9.17) is 9.97 Å². The second-order valence-electron chi connectivity index (χ2n) is 10.8. The summed E-state index contributed by atoms with van der Waals surface area (Å²) in [6.45, 7) is 6.40. The topological polar surface area (TPSA) is 101 Å². The molecule has 0 radical (unpaired) electrons. The number of nitrogens with zero attached hydrogens (tertiary/aromatic N) is 5. The quantitative estimate of drug-likeness (QED) is 0.286. The summed E-state index contributed by atoms with van der Waals surface area (Å²) in [6.07, 6.45) is 9.87. The molecule has 2 fully saturated rings. The summed E-state index contributed by atoms with van der Waals surface area (Å²) >= 11 is 0. The molecule has 1 saturated carbocycles. The molecular weight excluding hydrogens is 486 g/mol. The van der Waals surface area contributed by atoms with Gasteiger partial charge in [-0.3, -0.25) is 4.98 Å². The van der Waals surface area contributed by atoms with Gasteiger partial charge in [0, 0.05) is 48.1 Å². The van der Waals surface area contributed by atoms with Crippen LogP contribution in [0.25, 0.3) is 22.3 Å². The third kappa shape index (κ3) is 4.88. The Morgan fingerprint density at radius 3 is 2.63 bits per heavy atom. The maximum atomic E-state index is 13.7. The minimum atomic E-state index is -0.909. The van der Waals surface area contributed by atoms with Gasteiger partial charge in [0.25, 0.3) is 0 Å². The number of halogens is 2. The highest BCUT2D eigenvalue weighted by Crippen LogP contribution is 2.42. The summed E-state index contributed by atoms with van der Waals surface area (Å²) in [7, 11) is 0. The lowest BCUT2D eigenvalue weighted by Crippen LogP contribution is -2.49. The summed E-state index contributed by atoms with van der Waals surface area (Å²) in [5.41, 5.74) is 2.74. The summed E-state index contributed by atoms with van der Waals surface area (Å²) in [5.74, 6) is 0.569. The van der Waals surface area contributed by atoms with Crippen molar-refractivity contribution in [2.24, 2.45) is 5.41 Å². The summed E-state index contributed by atoms with van der Waals surface area (Å²) in [5, 5.41) is 11.2. The number of rotatable bonds is 6. The number of aromatic nitrogens is 5. The van der Waals surface area contributed by atoms with E-state index in [1.165, 1.54) is 12.0 Å². The summed E-state index contributed by atoms with van der Waals surface area (Å²) in [4.78, 5) is 22.4. The molecule has 4 aromatic heterocycles. The van der Waals surface area contributed by atoms with E-state index in [2.05, 4.69) is 44.7 Å². The Bertz CT molecular complexity index is 1470. The highest BCUT2D eigenvalue weighted by atomic mass is 19.1. The van der Waals surface area contributed by atoms with Crippen molar-refractivity contribution in [3.8, 4) is 11.4 Å². The molecule has 38 heavy (non-hydrogen) atoms. The predicted molar refractivity (Wildman–Crippen MR) is 143 cm³/mol. The molecule has 6 rings (SSSR count). The first kappa shape index (κ1) is 24.5. The normalized spacial score (nSPS) is 19.2. The smallest absolute Gasteiger partial charge is 0.217 e. The molecule has 2 aliphatic rings. The second-order valence-corrected chi connectivity index (χ2v) is 10.8. The van der Waals surface area contributed by atoms with Crippen LogP contribution < -0.4 is 16.0 Å². The van der Waals surface area contributed by atoms with Crippen LogP contribution in [0.4, 0.5) is 26.2 Å². The van der Waals surface area contributed by atoms with Gasteiger partial charge in [0.2, 0.25) is 5.95 Å². The van der Waals surface area contributed by atoms with Crippen LogP contribution in [-0.2, 0) is 0 Å². The Kier molecular flexibility index (Phi) is 6.35. The monoisotopic (exact) mass is 516 g/mol. The van der Waals surface area contributed by atoms with Crippen molar-refractivity contribution in [2.75, 3.05) is 23.7 Å². The molecule has 1 saturated heterocycles. The van der Waals surface area contributed by atoms with Crippen LogP contribution in [0.1, 0.15) is 51.0 Å². The molecule has 8 nitrogen and oxygen atoms in total. The zero-order chi connectivity index (χ0) is 26.3. The van der Waals surface area contributed by atoms with Gasteiger partial charge in [0.15, 0.2) is 5.82 Å². The third-order valence-corrected chi connectivity index (χ3v) is 7.66. The van der Waals surface area contributed by atoms with Crippen molar-refractivity contribution < 1.29 is 8.78 Å². The lowest BCUT2D eigenvalue weighted by atomic mass is 9.78. The van der Waals surface area contributed by atoms with Crippen molar-refractivity contribution in [3.05, 3.63) is 60.2 Å². The van der Waals surface area contributed by atoms with Gasteiger partial charge < -0.3 is 16.0 Å². The van der Waals surface area contributed by atoms with Gasteiger partial charge in [-0.1, -0.05) is 20.3 Å². The lowest BCUT2D eigenvalue weighted by Gasteiger charge is -2.40. The molecule has 0 amide bonds. The van der Waals surface area contributed by atoms with Crippen LogP contribution >= 0.6 is 0 Å². The standard InChI is InChI=1S/C28H30F2N8/c1-28(2)15-31-8-7-21(28)35-27-25-19(16-4-3-5-16)13-32-14-20(25)34-26(38-27)17-6-9-33-23(10-17)37-24-12-18(29)11-22(30)36-24/h6,9-14,16,21,31H,3-5,7-8,15H2,1-2H3,(H,33,36,37)(H,34,35,38). The van der Waals surface area contributed by atoms with Crippen molar-refractivity contribution in [2.45, 2.75) is 51.5 Å². The summed E-state index contributed by atoms with van der Waals surface area (Å²) in [6, 6.07) is 5.63. The minimum Gasteiger partial charge on any atom is -0.366 e. The van der Waals surface area contributed by atoms with Gasteiger partial charge in [0.1, 0.15) is 23.3 Å². The fraction of sp³-hybridized carbons (Fsp3) is 0.393. The minimum absolute atomic E-state index is 0.0245. The zero-order valence-corrected chi connectivity index (χ0v) is 21.4. The van der Waals surface area contributed by atoms with Crippen molar-refractivity contribution in [1.82, 2.24) is 30.2 Å². The van der Waals surface area contributed by atoms with Gasteiger partial charge in [-0.05, 0) is 54.8 Å². The third-order valence-electron chi connectivity index (χ3n) is 7.66. The molecule has 0 aromatic carbocycles. The van der Waals surface area contributed by atoms with Crippen molar-refractivity contribution >= 4 is 28.4 Å². The molecule has 10 heteroatoms. The number of hydrogen-bond acceptors (Lipinski definition) is 8. The maximum Gasteiger partial charge on any atom is 0.217 e. The molecule has 4 aromatic rings. The average molecular weight is 517 g/mol. The Hall–Kier alpha value is -3.79. The number of pyridine rings is 3. The first-order valence-electron chi connectivity index (χ1n) is 13.1. The molecule has 3 N–H and O–H groups in total. The molecule has 1 aliphatic heterocycles. The maximum absolute atomic E-state index is 13.7. The second kappa shape index (κ2) is 9.83.